The summed E-state index contributed by atoms with van der Waals surface area (Å²) in [5, 5.41) is 3.16. The van der Waals surface area contributed by atoms with Crippen LogP contribution in [0.3, 0.4) is 0 Å². The summed E-state index contributed by atoms with van der Waals surface area (Å²) < 4.78 is 5.22. The van der Waals surface area contributed by atoms with Crippen molar-refractivity contribution in [3.05, 3.63) is 12.7 Å². The van der Waals surface area contributed by atoms with Crippen LogP contribution in [0.1, 0.15) is 20.3 Å². The minimum absolute atomic E-state index is 0.143. The third-order valence-electron chi connectivity index (χ3n) is 2.23. The number of rotatable bonds is 6. The van der Waals surface area contributed by atoms with E-state index in [1.165, 1.54) is 0 Å². The topological polar surface area (TPSA) is 21.3 Å². The number of nitrogens with one attached hydrogen (secondary N) is 1. The van der Waals surface area contributed by atoms with Crippen molar-refractivity contribution in [1.29, 1.82) is 0 Å². The van der Waals surface area contributed by atoms with Gasteiger partial charge in [0.1, 0.15) is 0 Å². The normalized spacial score (nSPS) is 18.3. The van der Waals surface area contributed by atoms with Crippen LogP contribution in [-0.4, -0.2) is 26.8 Å². The molecule has 12 heavy (non-hydrogen) atoms. The first kappa shape index (κ1) is 11.7. The van der Waals surface area contributed by atoms with Crippen molar-refractivity contribution in [2.75, 3.05) is 20.7 Å². The van der Waals surface area contributed by atoms with Crippen molar-refractivity contribution in [2.45, 2.75) is 26.4 Å². The summed E-state index contributed by atoms with van der Waals surface area (Å²) in [6, 6.07) is 0. The van der Waals surface area contributed by atoms with Crippen molar-refractivity contribution in [1.82, 2.24) is 5.32 Å². The quantitative estimate of drug-likeness (QED) is 0.616. The van der Waals surface area contributed by atoms with E-state index in [2.05, 4.69) is 25.7 Å². The molecule has 0 aromatic carbocycles. The Morgan fingerprint density at radius 3 is 2.58 bits per heavy atom. The van der Waals surface area contributed by atoms with Gasteiger partial charge in [-0.05, 0) is 20.4 Å². The first-order valence-electron chi connectivity index (χ1n) is 4.39. The van der Waals surface area contributed by atoms with Gasteiger partial charge >= 0.3 is 0 Å². The number of hydrogen-bond acceptors (Lipinski definition) is 2. The van der Waals surface area contributed by atoms with Crippen LogP contribution in [0.4, 0.5) is 0 Å². The van der Waals surface area contributed by atoms with E-state index in [9.17, 15) is 0 Å². The first-order valence-corrected chi connectivity index (χ1v) is 4.39. The fraction of sp³-hybridized carbons (Fsp3) is 0.800. The minimum Gasteiger partial charge on any atom is -0.382 e. The van der Waals surface area contributed by atoms with Crippen LogP contribution in [-0.2, 0) is 4.74 Å². The second-order valence-electron chi connectivity index (χ2n) is 3.64. The molecule has 0 radical (unpaired) electrons. The third kappa shape index (κ3) is 3.88. The van der Waals surface area contributed by atoms with Crippen LogP contribution in [0.25, 0.3) is 0 Å². The molecule has 0 aromatic rings. The van der Waals surface area contributed by atoms with E-state index in [0.717, 1.165) is 13.0 Å². The van der Waals surface area contributed by atoms with Crippen LogP contribution in [0.2, 0.25) is 0 Å². The molecule has 0 aliphatic heterocycles. The Labute approximate surface area is 76.0 Å². The lowest BCUT2D eigenvalue weighted by Crippen LogP contribution is -2.31. The molecule has 0 aromatic heterocycles. The summed E-state index contributed by atoms with van der Waals surface area (Å²) in [6.45, 7) is 9.06. The lowest BCUT2D eigenvalue weighted by molar-refractivity contribution is 0.0834. The zero-order valence-corrected chi connectivity index (χ0v) is 8.68. The highest BCUT2D eigenvalue weighted by atomic mass is 16.5. The SMILES string of the molecule is C=CC(C)(CNC)CC(C)OC. The van der Waals surface area contributed by atoms with Gasteiger partial charge in [0.2, 0.25) is 0 Å². The van der Waals surface area contributed by atoms with E-state index >= 15 is 0 Å². The van der Waals surface area contributed by atoms with Crippen LogP contribution >= 0.6 is 0 Å². The predicted molar refractivity (Wildman–Crippen MR) is 53.3 cm³/mol. The Morgan fingerprint density at radius 2 is 2.25 bits per heavy atom. The molecule has 0 spiro atoms. The Balaban J connectivity index is 4.03. The van der Waals surface area contributed by atoms with Gasteiger partial charge in [0.25, 0.3) is 0 Å². The molecular weight excluding hydrogens is 150 g/mol. The molecule has 0 heterocycles. The fourth-order valence-electron chi connectivity index (χ4n) is 1.37. The lowest BCUT2D eigenvalue weighted by atomic mass is 9.85. The highest BCUT2D eigenvalue weighted by Gasteiger charge is 2.21. The molecule has 1 N–H and O–H groups in total. The highest BCUT2D eigenvalue weighted by molar-refractivity contribution is 4.93. The fourth-order valence-corrected chi connectivity index (χ4v) is 1.37. The van der Waals surface area contributed by atoms with Crippen molar-refractivity contribution in [2.24, 2.45) is 5.41 Å². The number of ether oxygens (including phenoxy) is 1. The van der Waals surface area contributed by atoms with Gasteiger partial charge in [0.15, 0.2) is 0 Å². The second kappa shape index (κ2) is 5.33. The molecule has 2 unspecified atom stereocenters. The Kier molecular flexibility index (Phi) is 5.18. The van der Waals surface area contributed by atoms with Crippen LogP contribution in [0, 0.1) is 5.41 Å². The van der Waals surface area contributed by atoms with E-state index in [4.69, 9.17) is 4.74 Å². The van der Waals surface area contributed by atoms with E-state index < -0.39 is 0 Å². The molecule has 0 fully saturated rings. The molecule has 0 saturated heterocycles. The van der Waals surface area contributed by atoms with Gasteiger partial charge in [0, 0.05) is 19.1 Å². The Bertz CT molecular complexity index is 136. The molecule has 0 saturated carbocycles. The van der Waals surface area contributed by atoms with E-state index in [1.807, 2.05) is 13.1 Å². The van der Waals surface area contributed by atoms with Crippen molar-refractivity contribution < 1.29 is 4.74 Å². The number of hydrogen-bond donors (Lipinski definition) is 1. The number of methoxy groups -OCH3 is 1. The summed E-state index contributed by atoms with van der Waals surface area (Å²) >= 11 is 0. The summed E-state index contributed by atoms with van der Waals surface area (Å²) in [5.41, 5.74) is 0.143. The molecule has 0 rings (SSSR count). The van der Waals surface area contributed by atoms with Gasteiger partial charge in [-0.3, -0.25) is 0 Å². The Morgan fingerprint density at radius 1 is 1.67 bits per heavy atom. The standard InChI is InChI=1S/C10H21NO/c1-6-10(3,8-11-4)7-9(2)12-5/h6,9,11H,1,7-8H2,2-5H3. The van der Waals surface area contributed by atoms with E-state index in [-0.39, 0.29) is 5.41 Å². The van der Waals surface area contributed by atoms with Crippen LogP contribution in [0.5, 0.6) is 0 Å². The van der Waals surface area contributed by atoms with Gasteiger partial charge in [-0.15, -0.1) is 6.58 Å². The smallest absolute Gasteiger partial charge is 0.0551 e. The highest BCUT2D eigenvalue weighted by Crippen LogP contribution is 2.24. The van der Waals surface area contributed by atoms with Gasteiger partial charge < -0.3 is 10.1 Å². The summed E-state index contributed by atoms with van der Waals surface area (Å²) in [5.74, 6) is 0. The maximum Gasteiger partial charge on any atom is 0.0551 e. The average molecular weight is 171 g/mol. The molecule has 2 heteroatoms. The molecule has 0 bridgehead atoms. The second-order valence-corrected chi connectivity index (χ2v) is 3.64. The summed E-state index contributed by atoms with van der Waals surface area (Å²) in [4.78, 5) is 0. The summed E-state index contributed by atoms with van der Waals surface area (Å²) in [7, 11) is 3.70. The molecule has 2 atom stereocenters. The zero-order chi connectivity index (χ0) is 9.61. The van der Waals surface area contributed by atoms with Gasteiger partial charge in [-0.25, -0.2) is 0 Å². The van der Waals surface area contributed by atoms with Gasteiger partial charge in [0.05, 0.1) is 6.10 Å². The predicted octanol–water partition coefficient (Wildman–Crippen LogP) is 1.82. The van der Waals surface area contributed by atoms with Crippen molar-refractivity contribution >= 4 is 0 Å². The van der Waals surface area contributed by atoms with Gasteiger partial charge in [-0.1, -0.05) is 13.0 Å². The van der Waals surface area contributed by atoms with Crippen LogP contribution < -0.4 is 5.32 Å². The lowest BCUT2D eigenvalue weighted by Gasteiger charge is -2.28. The zero-order valence-electron chi connectivity index (χ0n) is 8.68. The minimum atomic E-state index is 0.143. The van der Waals surface area contributed by atoms with E-state index in [0.29, 0.717) is 6.10 Å². The average Bonchev–Trinajstić information content (AvgIpc) is 2.05. The third-order valence-corrected chi connectivity index (χ3v) is 2.23. The molecule has 0 aliphatic rings. The van der Waals surface area contributed by atoms with Crippen molar-refractivity contribution in [3.8, 4) is 0 Å². The maximum absolute atomic E-state index is 5.22. The van der Waals surface area contributed by atoms with Gasteiger partial charge in [-0.2, -0.15) is 0 Å². The van der Waals surface area contributed by atoms with E-state index in [1.54, 1.807) is 7.11 Å². The van der Waals surface area contributed by atoms with Crippen LogP contribution in [0.15, 0.2) is 12.7 Å². The molecule has 0 amide bonds. The summed E-state index contributed by atoms with van der Waals surface area (Å²) in [6.07, 6.45) is 3.30. The molecule has 72 valence electrons. The van der Waals surface area contributed by atoms with Crippen molar-refractivity contribution in [3.63, 3.8) is 0 Å². The monoisotopic (exact) mass is 171 g/mol. The molecule has 0 aliphatic carbocycles. The Hall–Kier alpha value is -0.340. The largest absolute Gasteiger partial charge is 0.382 e. The molecule has 2 nitrogen and oxygen atoms in total. The maximum atomic E-state index is 5.22. The first-order chi connectivity index (χ1) is 5.58. The molecular formula is C10H21NO.